The van der Waals surface area contributed by atoms with Crippen LogP contribution < -0.4 is 20.1 Å². The van der Waals surface area contributed by atoms with Gasteiger partial charge in [0.25, 0.3) is 5.91 Å². The van der Waals surface area contributed by atoms with Gasteiger partial charge in [0.1, 0.15) is 5.82 Å². The minimum atomic E-state index is -0.273. The number of rotatable bonds is 8. The highest BCUT2D eigenvalue weighted by Crippen LogP contribution is 2.28. The Morgan fingerprint density at radius 3 is 2.43 bits per heavy atom. The zero-order valence-electron chi connectivity index (χ0n) is 17.3. The number of aryl methyl sites for hydroxylation is 2. The first-order valence-corrected chi connectivity index (χ1v) is 9.61. The average molecular weight is 408 g/mol. The molecule has 0 radical (unpaired) electrons. The fourth-order valence-electron chi connectivity index (χ4n) is 3.00. The molecule has 6 heteroatoms. The Morgan fingerprint density at radius 2 is 1.73 bits per heavy atom. The first kappa shape index (κ1) is 21.2. The molecule has 0 unspecified atom stereocenters. The van der Waals surface area contributed by atoms with Crippen LogP contribution in [0.2, 0.25) is 0 Å². The minimum Gasteiger partial charge on any atom is -0.493 e. The van der Waals surface area contributed by atoms with Crippen molar-refractivity contribution in [1.29, 1.82) is 0 Å². The van der Waals surface area contributed by atoms with Crippen LogP contribution in [0.5, 0.6) is 11.5 Å². The highest BCUT2D eigenvalue weighted by molar-refractivity contribution is 5.92. The summed E-state index contributed by atoms with van der Waals surface area (Å²) in [6, 6.07) is 17.5. The van der Waals surface area contributed by atoms with Crippen molar-refractivity contribution in [3.05, 3.63) is 83.2 Å². The summed E-state index contributed by atoms with van der Waals surface area (Å²) in [4.78, 5) is 12.3. The number of methoxy groups -OCH3 is 1. The predicted molar refractivity (Wildman–Crippen MR) is 117 cm³/mol. The number of halogens is 1. The van der Waals surface area contributed by atoms with Crippen LogP contribution in [0.15, 0.2) is 60.7 Å². The van der Waals surface area contributed by atoms with Gasteiger partial charge in [-0.2, -0.15) is 0 Å². The number of carbonyl (C=O) groups is 1. The molecular weight excluding hydrogens is 383 g/mol. The van der Waals surface area contributed by atoms with E-state index in [1.807, 2.05) is 44.2 Å². The molecule has 0 spiro atoms. The highest BCUT2D eigenvalue weighted by Gasteiger charge is 2.10. The maximum absolute atomic E-state index is 13.0. The summed E-state index contributed by atoms with van der Waals surface area (Å²) >= 11 is 0. The van der Waals surface area contributed by atoms with Crippen LogP contribution in [0.4, 0.5) is 15.8 Å². The molecule has 0 aliphatic carbocycles. The maximum atomic E-state index is 13.0. The van der Waals surface area contributed by atoms with Crippen molar-refractivity contribution < 1.29 is 18.7 Å². The summed E-state index contributed by atoms with van der Waals surface area (Å²) in [6.07, 6.45) is 0. The van der Waals surface area contributed by atoms with Crippen LogP contribution in [0.1, 0.15) is 16.7 Å². The van der Waals surface area contributed by atoms with Crippen LogP contribution in [-0.4, -0.2) is 19.6 Å². The van der Waals surface area contributed by atoms with Crippen molar-refractivity contribution >= 4 is 17.3 Å². The molecule has 30 heavy (non-hydrogen) atoms. The third kappa shape index (κ3) is 5.73. The van der Waals surface area contributed by atoms with Crippen LogP contribution in [0, 0.1) is 19.7 Å². The first-order valence-electron chi connectivity index (χ1n) is 9.61. The summed E-state index contributed by atoms with van der Waals surface area (Å²) in [7, 11) is 1.55. The predicted octanol–water partition coefficient (Wildman–Crippen LogP) is 5.08. The van der Waals surface area contributed by atoms with Crippen LogP contribution in [-0.2, 0) is 11.3 Å². The zero-order chi connectivity index (χ0) is 21.5. The first-order chi connectivity index (χ1) is 14.4. The highest BCUT2D eigenvalue weighted by atomic mass is 19.1. The second-order valence-corrected chi connectivity index (χ2v) is 7.00. The lowest BCUT2D eigenvalue weighted by Gasteiger charge is -2.14. The standard InChI is InChI=1S/C24H25FN2O3/c1-16-4-10-21(17(2)12-16)27-24(28)15-30-22-11-5-18(13-23(22)29-3)14-26-20-8-6-19(25)7-9-20/h4-13,26H,14-15H2,1-3H3,(H,27,28). The molecule has 3 rings (SSSR count). The number of anilines is 2. The van der Waals surface area contributed by atoms with E-state index in [1.165, 1.54) is 12.1 Å². The lowest BCUT2D eigenvalue weighted by Crippen LogP contribution is -2.20. The Labute approximate surface area is 175 Å². The maximum Gasteiger partial charge on any atom is 0.262 e. The molecule has 156 valence electrons. The number of benzene rings is 3. The molecule has 2 N–H and O–H groups in total. The summed E-state index contributed by atoms with van der Waals surface area (Å²) in [5.74, 6) is 0.503. The molecule has 0 bridgehead atoms. The molecule has 0 aromatic heterocycles. The number of ether oxygens (including phenoxy) is 2. The molecule has 0 saturated carbocycles. The van der Waals surface area contributed by atoms with E-state index >= 15 is 0 Å². The van der Waals surface area contributed by atoms with Crippen molar-refractivity contribution in [1.82, 2.24) is 0 Å². The Bertz CT molecular complexity index is 1020. The average Bonchev–Trinajstić information content (AvgIpc) is 2.74. The van der Waals surface area contributed by atoms with E-state index in [2.05, 4.69) is 10.6 Å². The topological polar surface area (TPSA) is 59.6 Å². The largest absolute Gasteiger partial charge is 0.493 e. The molecule has 1 amide bonds. The SMILES string of the molecule is COc1cc(CNc2ccc(F)cc2)ccc1OCC(=O)Nc1ccc(C)cc1C. The van der Waals surface area contributed by atoms with E-state index in [0.717, 1.165) is 28.1 Å². The molecule has 3 aromatic rings. The van der Waals surface area contributed by atoms with E-state index < -0.39 is 0 Å². The number of amides is 1. The minimum absolute atomic E-state index is 0.128. The van der Waals surface area contributed by atoms with Gasteiger partial charge in [-0.3, -0.25) is 4.79 Å². The fraction of sp³-hybridized carbons (Fsp3) is 0.208. The van der Waals surface area contributed by atoms with Crippen molar-refractivity contribution in [2.45, 2.75) is 20.4 Å². The van der Waals surface area contributed by atoms with Gasteiger partial charge in [0.2, 0.25) is 0 Å². The molecule has 0 fully saturated rings. The third-order valence-corrected chi connectivity index (χ3v) is 4.58. The summed E-state index contributed by atoms with van der Waals surface area (Å²) in [5.41, 5.74) is 4.69. The van der Waals surface area contributed by atoms with Crippen molar-refractivity contribution in [2.24, 2.45) is 0 Å². The van der Waals surface area contributed by atoms with Crippen molar-refractivity contribution in [3.8, 4) is 11.5 Å². The summed E-state index contributed by atoms with van der Waals surface area (Å²) < 4.78 is 24.1. The van der Waals surface area contributed by atoms with Crippen LogP contribution >= 0.6 is 0 Å². The third-order valence-electron chi connectivity index (χ3n) is 4.58. The molecule has 0 saturated heterocycles. The van der Waals surface area contributed by atoms with Crippen LogP contribution in [0.25, 0.3) is 0 Å². The fourth-order valence-corrected chi connectivity index (χ4v) is 3.00. The number of hydrogen-bond acceptors (Lipinski definition) is 4. The lowest BCUT2D eigenvalue weighted by atomic mass is 10.1. The Morgan fingerprint density at radius 1 is 0.967 bits per heavy atom. The van der Waals surface area contributed by atoms with E-state index in [9.17, 15) is 9.18 Å². The Kier molecular flexibility index (Phi) is 6.91. The summed E-state index contributed by atoms with van der Waals surface area (Å²) in [6.45, 7) is 4.37. The van der Waals surface area contributed by atoms with Gasteiger partial charge in [-0.15, -0.1) is 0 Å². The van der Waals surface area contributed by atoms with E-state index in [-0.39, 0.29) is 18.3 Å². The second-order valence-electron chi connectivity index (χ2n) is 7.00. The van der Waals surface area contributed by atoms with Gasteiger partial charge in [0.15, 0.2) is 18.1 Å². The second kappa shape index (κ2) is 9.78. The van der Waals surface area contributed by atoms with Gasteiger partial charge in [-0.05, 0) is 67.4 Å². The van der Waals surface area contributed by atoms with Crippen molar-refractivity contribution in [2.75, 3.05) is 24.4 Å². The van der Waals surface area contributed by atoms with E-state index in [0.29, 0.717) is 18.0 Å². The van der Waals surface area contributed by atoms with Gasteiger partial charge in [-0.25, -0.2) is 4.39 Å². The number of hydrogen-bond donors (Lipinski definition) is 2. The zero-order valence-corrected chi connectivity index (χ0v) is 17.3. The van der Waals surface area contributed by atoms with Gasteiger partial charge >= 0.3 is 0 Å². The molecular formula is C24H25FN2O3. The number of nitrogens with one attached hydrogen (secondary N) is 2. The smallest absolute Gasteiger partial charge is 0.262 e. The van der Waals surface area contributed by atoms with Gasteiger partial charge in [-0.1, -0.05) is 23.8 Å². The molecule has 3 aromatic carbocycles. The van der Waals surface area contributed by atoms with E-state index in [1.54, 1.807) is 25.3 Å². The molecule has 0 atom stereocenters. The molecule has 5 nitrogen and oxygen atoms in total. The number of carbonyl (C=O) groups excluding carboxylic acids is 1. The quantitative estimate of drug-likeness (QED) is 0.546. The molecule has 0 aliphatic heterocycles. The molecule has 0 aliphatic rings. The van der Waals surface area contributed by atoms with Crippen LogP contribution in [0.3, 0.4) is 0 Å². The molecule has 0 heterocycles. The monoisotopic (exact) mass is 408 g/mol. The Balaban J connectivity index is 1.57. The van der Waals surface area contributed by atoms with Gasteiger partial charge in [0.05, 0.1) is 7.11 Å². The summed E-state index contributed by atoms with van der Waals surface area (Å²) in [5, 5.41) is 6.08. The normalized spacial score (nSPS) is 10.4. The van der Waals surface area contributed by atoms with Gasteiger partial charge in [0, 0.05) is 17.9 Å². The van der Waals surface area contributed by atoms with E-state index in [4.69, 9.17) is 9.47 Å². The van der Waals surface area contributed by atoms with Crippen molar-refractivity contribution in [3.63, 3.8) is 0 Å². The lowest BCUT2D eigenvalue weighted by molar-refractivity contribution is -0.118. The Hall–Kier alpha value is -3.54. The van der Waals surface area contributed by atoms with Gasteiger partial charge < -0.3 is 20.1 Å².